The van der Waals surface area contributed by atoms with E-state index in [9.17, 15) is 4.79 Å². The number of piperidine rings is 1. The van der Waals surface area contributed by atoms with Crippen molar-refractivity contribution in [3.63, 3.8) is 0 Å². The van der Waals surface area contributed by atoms with E-state index < -0.39 is 0 Å². The van der Waals surface area contributed by atoms with Gasteiger partial charge in [0, 0.05) is 6.20 Å². The highest BCUT2D eigenvalue weighted by molar-refractivity contribution is 5.96. The average molecular weight is 305 g/mol. The summed E-state index contributed by atoms with van der Waals surface area (Å²) in [7, 11) is 1.52. The molecule has 3 rings (SSSR count). The molecular weight excluding hydrogens is 282 g/mol. The number of likely N-dealkylation sites (tertiary alicyclic amines) is 1. The molecule has 1 N–H and O–H groups in total. The van der Waals surface area contributed by atoms with Gasteiger partial charge >= 0.3 is 0 Å². The molecule has 1 aromatic heterocycles. The van der Waals surface area contributed by atoms with Gasteiger partial charge < -0.3 is 14.8 Å². The van der Waals surface area contributed by atoms with Crippen molar-refractivity contribution in [2.45, 2.75) is 31.3 Å². The Bertz CT molecular complexity index is 517. The standard InChI is InChI=1S/C16H23N3O3/c1-21-16-12(6-5-7-17-16)15(20)18-13-10-22-11-14(13)19-8-3-2-4-9-19/h5-7,13-14H,2-4,8-11H2,1H3,(H,18,20)/t13-,14-/m1/s1. The largest absolute Gasteiger partial charge is 0.480 e. The maximum Gasteiger partial charge on any atom is 0.257 e. The zero-order chi connectivity index (χ0) is 15.4. The Morgan fingerprint density at radius 1 is 1.36 bits per heavy atom. The number of nitrogens with one attached hydrogen (secondary N) is 1. The molecule has 0 saturated carbocycles. The number of rotatable bonds is 4. The molecule has 0 aromatic carbocycles. The predicted molar refractivity (Wildman–Crippen MR) is 82.1 cm³/mol. The van der Waals surface area contributed by atoms with E-state index in [-0.39, 0.29) is 18.0 Å². The number of methoxy groups -OCH3 is 1. The van der Waals surface area contributed by atoms with Crippen molar-refractivity contribution < 1.29 is 14.3 Å². The summed E-state index contributed by atoms with van der Waals surface area (Å²) in [5.74, 6) is 0.205. The van der Waals surface area contributed by atoms with Crippen molar-refractivity contribution in [3.05, 3.63) is 23.9 Å². The van der Waals surface area contributed by atoms with Gasteiger partial charge in [0.2, 0.25) is 5.88 Å². The summed E-state index contributed by atoms with van der Waals surface area (Å²) in [4.78, 5) is 19.0. The van der Waals surface area contributed by atoms with Crippen molar-refractivity contribution >= 4 is 5.91 Å². The second-order valence-electron chi connectivity index (χ2n) is 5.84. The first-order valence-electron chi connectivity index (χ1n) is 7.91. The fraction of sp³-hybridized carbons (Fsp3) is 0.625. The minimum Gasteiger partial charge on any atom is -0.480 e. The molecule has 1 amide bonds. The monoisotopic (exact) mass is 305 g/mol. The van der Waals surface area contributed by atoms with Crippen LogP contribution in [0.2, 0.25) is 0 Å². The van der Waals surface area contributed by atoms with Gasteiger partial charge in [0.1, 0.15) is 5.56 Å². The Morgan fingerprint density at radius 2 is 2.18 bits per heavy atom. The number of pyridine rings is 1. The summed E-state index contributed by atoms with van der Waals surface area (Å²) in [5.41, 5.74) is 0.467. The van der Waals surface area contributed by atoms with Crippen LogP contribution in [-0.4, -0.2) is 61.3 Å². The van der Waals surface area contributed by atoms with Crippen molar-refractivity contribution in [1.82, 2.24) is 15.2 Å². The quantitative estimate of drug-likeness (QED) is 0.901. The van der Waals surface area contributed by atoms with Gasteiger partial charge in [-0.1, -0.05) is 6.42 Å². The zero-order valence-electron chi connectivity index (χ0n) is 13.0. The molecule has 1 aromatic rings. The van der Waals surface area contributed by atoms with Gasteiger partial charge in [0.05, 0.1) is 32.4 Å². The fourth-order valence-corrected chi connectivity index (χ4v) is 3.26. The minimum absolute atomic E-state index is 0.0236. The SMILES string of the molecule is COc1ncccc1C(=O)N[C@@H]1COC[C@H]1N1CCCCC1. The Kier molecular flexibility index (Phi) is 4.90. The van der Waals surface area contributed by atoms with Crippen LogP contribution in [0.1, 0.15) is 29.6 Å². The fourth-order valence-electron chi connectivity index (χ4n) is 3.26. The van der Waals surface area contributed by atoms with Crippen molar-refractivity contribution in [2.24, 2.45) is 0 Å². The van der Waals surface area contributed by atoms with Gasteiger partial charge in [-0.3, -0.25) is 9.69 Å². The molecule has 120 valence electrons. The van der Waals surface area contributed by atoms with Gasteiger partial charge in [-0.2, -0.15) is 0 Å². The minimum atomic E-state index is -0.151. The maximum absolute atomic E-state index is 12.5. The number of carbonyl (C=O) groups is 1. The van der Waals surface area contributed by atoms with E-state index in [0.29, 0.717) is 24.7 Å². The van der Waals surface area contributed by atoms with Crippen LogP contribution < -0.4 is 10.1 Å². The third-order valence-electron chi connectivity index (χ3n) is 4.44. The smallest absolute Gasteiger partial charge is 0.257 e. The second-order valence-corrected chi connectivity index (χ2v) is 5.84. The second kappa shape index (κ2) is 7.07. The number of amides is 1. The normalized spacial score (nSPS) is 25.9. The molecule has 0 spiro atoms. The molecule has 2 aliphatic rings. The van der Waals surface area contributed by atoms with Crippen LogP contribution in [-0.2, 0) is 4.74 Å². The molecule has 2 saturated heterocycles. The zero-order valence-corrected chi connectivity index (χ0v) is 13.0. The van der Waals surface area contributed by atoms with Crippen LogP contribution in [0.25, 0.3) is 0 Å². The molecule has 2 fully saturated rings. The van der Waals surface area contributed by atoms with E-state index in [4.69, 9.17) is 9.47 Å². The number of hydrogen-bond acceptors (Lipinski definition) is 5. The van der Waals surface area contributed by atoms with Crippen molar-refractivity contribution in [3.8, 4) is 5.88 Å². The lowest BCUT2D eigenvalue weighted by atomic mass is 10.0. The van der Waals surface area contributed by atoms with Gasteiger partial charge in [0.25, 0.3) is 5.91 Å². The summed E-state index contributed by atoms with van der Waals surface area (Å²) in [6.07, 6.45) is 5.38. The molecule has 22 heavy (non-hydrogen) atoms. The Hall–Kier alpha value is -1.66. The number of aromatic nitrogens is 1. The first-order chi connectivity index (χ1) is 10.8. The summed E-state index contributed by atoms with van der Waals surface area (Å²) in [6, 6.07) is 3.76. The lowest BCUT2D eigenvalue weighted by Crippen LogP contribution is -2.52. The number of nitrogens with zero attached hydrogens (tertiary/aromatic N) is 2. The van der Waals surface area contributed by atoms with Gasteiger partial charge in [-0.05, 0) is 38.1 Å². The van der Waals surface area contributed by atoms with Crippen LogP contribution in [0.5, 0.6) is 5.88 Å². The third kappa shape index (κ3) is 3.23. The van der Waals surface area contributed by atoms with Crippen LogP contribution in [0, 0.1) is 0 Å². The number of hydrogen-bond donors (Lipinski definition) is 1. The Balaban J connectivity index is 1.67. The number of carbonyl (C=O) groups excluding carboxylic acids is 1. The van der Waals surface area contributed by atoms with Gasteiger partial charge in [-0.15, -0.1) is 0 Å². The molecule has 3 heterocycles. The van der Waals surface area contributed by atoms with E-state index in [1.54, 1.807) is 18.3 Å². The first kappa shape index (κ1) is 15.2. The van der Waals surface area contributed by atoms with Crippen LogP contribution in [0.3, 0.4) is 0 Å². The molecule has 0 radical (unpaired) electrons. The Morgan fingerprint density at radius 3 is 2.95 bits per heavy atom. The summed E-state index contributed by atoms with van der Waals surface area (Å²) in [5, 5.41) is 3.09. The summed E-state index contributed by atoms with van der Waals surface area (Å²) in [6.45, 7) is 3.44. The Labute approximate surface area is 130 Å². The van der Waals surface area contributed by atoms with Gasteiger partial charge in [0.15, 0.2) is 0 Å². The van der Waals surface area contributed by atoms with E-state index in [1.807, 2.05) is 0 Å². The van der Waals surface area contributed by atoms with E-state index in [1.165, 1.54) is 26.4 Å². The van der Waals surface area contributed by atoms with Crippen LogP contribution >= 0.6 is 0 Å². The molecular formula is C16H23N3O3. The molecule has 0 unspecified atom stereocenters. The molecule has 2 atom stereocenters. The average Bonchev–Trinajstić information content (AvgIpc) is 3.03. The van der Waals surface area contributed by atoms with Crippen molar-refractivity contribution in [2.75, 3.05) is 33.4 Å². The third-order valence-corrected chi connectivity index (χ3v) is 4.44. The number of ether oxygens (including phenoxy) is 2. The summed E-state index contributed by atoms with van der Waals surface area (Å²) < 4.78 is 10.8. The molecule has 2 aliphatic heterocycles. The topological polar surface area (TPSA) is 63.7 Å². The highest BCUT2D eigenvalue weighted by Gasteiger charge is 2.35. The van der Waals surface area contributed by atoms with E-state index >= 15 is 0 Å². The van der Waals surface area contributed by atoms with Crippen molar-refractivity contribution in [1.29, 1.82) is 0 Å². The van der Waals surface area contributed by atoms with Gasteiger partial charge in [-0.25, -0.2) is 4.98 Å². The molecule has 6 nitrogen and oxygen atoms in total. The molecule has 0 bridgehead atoms. The lowest BCUT2D eigenvalue weighted by Gasteiger charge is -2.34. The highest BCUT2D eigenvalue weighted by Crippen LogP contribution is 2.20. The molecule has 0 aliphatic carbocycles. The molecule has 6 heteroatoms. The van der Waals surface area contributed by atoms with Crippen LogP contribution in [0.15, 0.2) is 18.3 Å². The predicted octanol–water partition coefficient (Wildman–Crippen LogP) is 1.07. The lowest BCUT2D eigenvalue weighted by molar-refractivity contribution is 0.0896. The highest BCUT2D eigenvalue weighted by atomic mass is 16.5. The maximum atomic E-state index is 12.5. The summed E-state index contributed by atoms with van der Waals surface area (Å²) >= 11 is 0. The first-order valence-corrected chi connectivity index (χ1v) is 7.91. The van der Waals surface area contributed by atoms with E-state index in [0.717, 1.165) is 13.1 Å². The van der Waals surface area contributed by atoms with Crippen LogP contribution in [0.4, 0.5) is 0 Å². The van der Waals surface area contributed by atoms with E-state index in [2.05, 4.69) is 15.2 Å².